The van der Waals surface area contributed by atoms with Gasteiger partial charge in [0.1, 0.15) is 0 Å². The largest absolute Gasteiger partial charge is 0.398 e. The SMILES string of the molecule is CCc1ccc(N2C(=O)CCCCC2=O)cc1N. The molecule has 4 nitrogen and oxygen atoms in total. The van der Waals surface area contributed by atoms with Gasteiger partial charge in [0.2, 0.25) is 11.8 Å². The minimum atomic E-state index is -0.124. The van der Waals surface area contributed by atoms with Crippen LogP contribution in [0.3, 0.4) is 0 Å². The molecule has 1 heterocycles. The molecular formula is C14H18N2O2. The van der Waals surface area contributed by atoms with Crippen LogP contribution in [0.25, 0.3) is 0 Å². The molecule has 0 saturated carbocycles. The summed E-state index contributed by atoms with van der Waals surface area (Å²) in [6.07, 6.45) is 3.27. The number of rotatable bonds is 2. The first-order chi connectivity index (χ1) is 8.63. The standard InChI is InChI=1S/C14H18N2O2/c1-2-10-7-8-11(9-12(10)15)16-13(17)5-3-4-6-14(16)18/h7-9H,2-6,15H2,1H3. The summed E-state index contributed by atoms with van der Waals surface area (Å²) in [5, 5.41) is 0. The zero-order valence-electron chi connectivity index (χ0n) is 10.6. The molecule has 0 radical (unpaired) electrons. The van der Waals surface area contributed by atoms with Gasteiger partial charge in [-0.15, -0.1) is 0 Å². The van der Waals surface area contributed by atoms with Crippen molar-refractivity contribution in [3.63, 3.8) is 0 Å². The average Bonchev–Trinajstić information content (AvgIpc) is 2.50. The average molecular weight is 246 g/mol. The molecule has 2 amide bonds. The topological polar surface area (TPSA) is 63.4 Å². The van der Waals surface area contributed by atoms with E-state index in [1.807, 2.05) is 13.0 Å². The Morgan fingerprint density at radius 1 is 1.17 bits per heavy atom. The molecule has 18 heavy (non-hydrogen) atoms. The molecule has 1 aromatic rings. The number of amides is 2. The van der Waals surface area contributed by atoms with Gasteiger partial charge < -0.3 is 5.73 Å². The number of nitrogen functional groups attached to an aromatic ring is 1. The maximum Gasteiger partial charge on any atom is 0.233 e. The molecule has 0 aromatic heterocycles. The fourth-order valence-corrected chi connectivity index (χ4v) is 2.25. The molecule has 2 N–H and O–H groups in total. The first kappa shape index (κ1) is 12.6. The number of nitrogens with zero attached hydrogens (tertiary/aromatic N) is 1. The van der Waals surface area contributed by atoms with Gasteiger partial charge in [-0.05, 0) is 37.0 Å². The van der Waals surface area contributed by atoms with E-state index in [2.05, 4.69) is 0 Å². The maximum absolute atomic E-state index is 12.0. The summed E-state index contributed by atoms with van der Waals surface area (Å²) < 4.78 is 0. The zero-order chi connectivity index (χ0) is 13.1. The Morgan fingerprint density at radius 3 is 2.28 bits per heavy atom. The van der Waals surface area contributed by atoms with Gasteiger partial charge in [-0.2, -0.15) is 0 Å². The Morgan fingerprint density at radius 2 is 1.78 bits per heavy atom. The molecule has 0 atom stereocenters. The minimum absolute atomic E-state index is 0.124. The third-order valence-electron chi connectivity index (χ3n) is 3.30. The third-order valence-corrected chi connectivity index (χ3v) is 3.30. The van der Waals surface area contributed by atoms with Crippen LogP contribution in [-0.4, -0.2) is 11.8 Å². The van der Waals surface area contributed by atoms with Crippen LogP contribution in [0.4, 0.5) is 11.4 Å². The van der Waals surface area contributed by atoms with Crippen molar-refractivity contribution in [1.29, 1.82) is 0 Å². The molecule has 1 saturated heterocycles. The third kappa shape index (κ3) is 2.37. The molecule has 0 bridgehead atoms. The van der Waals surface area contributed by atoms with Crippen molar-refractivity contribution in [2.24, 2.45) is 0 Å². The first-order valence-electron chi connectivity index (χ1n) is 6.37. The van der Waals surface area contributed by atoms with Gasteiger partial charge in [0.15, 0.2) is 0 Å². The van der Waals surface area contributed by atoms with E-state index in [0.29, 0.717) is 24.2 Å². The number of hydrogen-bond donors (Lipinski definition) is 1. The fraction of sp³-hybridized carbons (Fsp3) is 0.429. The number of aryl methyl sites for hydroxylation is 1. The maximum atomic E-state index is 12.0. The Labute approximate surface area is 107 Å². The number of nitrogens with two attached hydrogens (primary N) is 1. The summed E-state index contributed by atoms with van der Waals surface area (Å²) in [7, 11) is 0. The molecule has 96 valence electrons. The number of carbonyl (C=O) groups is 2. The second-order valence-electron chi connectivity index (χ2n) is 4.57. The zero-order valence-corrected chi connectivity index (χ0v) is 10.6. The summed E-state index contributed by atoms with van der Waals surface area (Å²) in [6, 6.07) is 5.41. The molecule has 0 unspecified atom stereocenters. The minimum Gasteiger partial charge on any atom is -0.398 e. The Bertz CT molecular complexity index is 465. The molecule has 2 rings (SSSR count). The van der Waals surface area contributed by atoms with Crippen LogP contribution in [0.15, 0.2) is 18.2 Å². The normalized spacial score (nSPS) is 16.8. The lowest BCUT2D eigenvalue weighted by molar-refractivity contribution is -0.125. The van der Waals surface area contributed by atoms with Crippen molar-refractivity contribution in [2.75, 3.05) is 10.6 Å². The lowest BCUT2D eigenvalue weighted by atomic mass is 10.1. The van der Waals surface area contributed by atoms with E-state index in [0.717, 1.165) is 24.8 Å². The molecule has 1 aromatic carbocycles. The number of benzene rings is 1. The summed E-state index contributed by atoms with van der Waals surface area (Å²) >= 11 is 0. The summed E-state index contributed by atoms with van der Waals surface area (Å²) in [5.74, 6) is -0.248. The highest BCUT2D eigenvalue weighted by Crippen LogP contribution is 2.25. The molecule has 0 spiro atoms. The number of anilines is 2. The molecule has 4 heteroatoms. The lowest BCUT2D eigenvalue weighted by Crippen LogP contribution is -2.35. The van der Waals surface area contributed by atoms with Crippen molar-refractivity contribution in [1.82, 2.24) is 0 Å². The van der Waals surface area contributed by atoms with Gasteiger partial charge in [-0.25, -0.2) is 0 Å². The summed E-state index contributed by atoms with van der Waals surface area (Å²) in [6.45, 7) is 2.02. The van der Waals surface area contributed by atoms with Crippen LogP contribution in [0.2, 0.25) is 0 Å². The number of carbonyl (C=O) groups excluding carboxylic acids is 2. The van der Waals surface area contributed by atoms with Crippen LogP contribution in [-0.2, 0) is 16.0 Å². The van der Waals surface area contributed by atoms with Crippen LogP contribution >= 0.6 is 0 Å². The van der Waals surface area contributed by atoms with E-state index in [1.165, 1.54) is 4.90 Å². The monoisotopic (exact) mass is 246 g/mol. The highest BCUT2D eigenvalue weighted by atomic mass is 16.2. The highest BCUT2D eigenvalue weighted by Gasteiger charge is 2.25. The molecule has 1 fully saturated rings. The van der Waals surface area contributed by atoms with E-state index in [4.69, 9.17) is 5.73 Å². The number of imide groups is 1. The van der Waals surface area contributed by atoms with Crippen molar-refractivity contribution < 1.29 is 9.59 Å². The molecule has 1 aliphatic heterocycles. The van der Waals surface area contributed by atoms with E-state index in [9.17, 15) is 9.59 Å². The first-order valence-corrected chi connectivity index (χ1v) is 6.37. The van der Waals surface area contributed by atoms with Gasteiger partial charge in [0, 0.05) is 18.5 Å². The van der Waals surface area contributed by atoms with E-state index >= 15 is 0 Å². The van der Waals surface area contributed by atoms with Gasteiger partial charge in [-0.3, -0.25) is 14.5 Å². The van der Waals surface area contributed by atoms with Crippen LogP contribution in [0, 0.1) is 0 Å². The molecule has 0 aliphatic carbocycles. The Balaban J connectivity index is 2.36. The van der Waals surface area contributed by atoms with Crippen molar-refractivity contribution in [2.45, 2.75) is 39.0 Å². The second kappa shape index (κ2) is 5.21. The Kier molecular flexibility index (Phi) is 3.65. The van der Waals surface area contributed by atoms with Crippen LogP contribution in [0.1, 0.15) is 38.2 Å². The quantitative estimate of drug-likeness (QED) is 0.643. The van der Waals surface area contributed by atoms with E-state index in [1.54, 1.807) is 12.1 Å². The lowest BCUT2D eigenvalue weighted by Gasteiger charge is -2.19. The van der Waals surface area contributed by atoms with Crippen molar-refractivity contribution >= 4 is 23.2 Å². The van der Waals surface area contributed by atoms with E-state index in [-0.39, 0.29) is 11.8 Å². The van der Waals surface area contributed by atoms with Gasteiger partial charge in [0.05, 0.1) is 5.69 Å². The summed E-state index contributed by atoms with van der Waals surface area (Å²) in [5.41, 5.74) is 8.19. The van der Waals surface area contributed by atoms with Crippen LogP contribution in [0.5, 0.6) is 0 Å². The van der Waals surface area contributed by atoms with Gasteiger partial charge in [-0.1, -0.05) is 13.0 Å². The highest BCUT2D eigenvalue weighted by molar-refractivity contribution is 6.15. The van der Waals surface area contributed by atoms with Gasteiger partial charge in [0.25, 0.3) is 0 Å². The van der Waals surface area contributed by atoms with Crippen LogP contribution < -0.4 is 10.6 Å². The summed E-state index contributed by atoms with van der Waals surface area (Å²) in [4.78, 5) is 25.2. The fourth-order valence-electron chi connectivity index (χ4n) is 2.25. The van der Waals surface area contributed by atoms with Crippen molar-refractivity contribution in [3.05, 3.63) is 23.8 Å². The van der Waals surface area contributed by atoms with Crippen molar-refractivity contribution in [3.8, 4) is 0 Å². The van der Waals surface area contributed by atoms with E-state index < -0.39 is 0 Å². The predicted molar refractivity (Wildman–Crippen MR) is 71.2 cm³/mol. The smallest absolute Gasteiger partial charge is 0.233 e. The Hall–Kier alpha value is -1.84. The number of hydrogen-bond acceptors (Lipinski definition) is 3. The molecule has 1 aliphatic rings. The molecular weight excluding hydrogens is 228 g/mol. The van der Waals surface area contributed by atoms with Gasteiger partial charge >= 0.3 is 0 Å². The second-order valence-corrected chi connectivity index (χ2v) is 4.57. The predicted octanol–water partition coefficient (Wildman–Crippen LogP) is 2.26.